The maximum atomic E-state index is 11.6. The molecule has 1 aliphatic carbocycles. The summed E-state index contributed by atoms with van der Waals surface area (Å²) in [5.74, 6) is 2.24. The summed E-state index contributed by atoms with van der Waals surface area (Å²) in [7, 11) is 3.33. The summed E-state index contributed by atoms with van der Waals surface area (Å²) in [6.45, 7) is 0.940. The number of pyridine rings is 2. The van der Waals surface area contributed by atoms with Crippen LogP contribution in [0, 0.1) is 11.3 Å². The number of nitrogens with one attached hydrogen (secondary N) is 3. The van der Waals surface area contributed by atoms with Gasteiger partial charge < -0.3 is 19.9 Å². The molecule has 36 heavy (non-hydrogen) atoms. The Balaban J connectivity index is 1.30. The van der Waals surface area contributed by atoms with Crippen LogP contribution >= 0.6 is 0 Å². The Bertz CT molecular complexity index is 1540. The molecule has 1 aliphatic heterocycles. The van der Waals surface area contributed by atoms with Gasteiger partial charge in [0.1, 0.15) is 28.7 Å². The number of aromatic nitrogens is 6. The first-order valence-corrected chi connectivity index (χ1v) is 11.7. The van der Waals surface area contributed by atoms with Crippen molar-refractivity contribution in [2.45, 2.75) is 37.6 Å². The van der Waals surface area contributed by atoms with Gasteiger partial charge in [0, 0.05) is 50.1 Å². The number of urea groups is 1. The van der Waals surface area contributed by atoms with Crippen LogP contribution in [0.15, 0.2) is 30.6 Å². The summed E-state index contributed by atoms with van der Waals surface area (Å²) in [5.41, 5.74) is 2.84. The van der Waals surface area contributed by atoms with Gasteiger partial charge >= 0.3 is 6.03 Å². The lowest BCUT2D eigenvalue weighted by Gasteiger charge is -2.37. The predicted octanol–water partition coefficient (Wildman–Crippen LogP) is 3.54. The third-order valence-electron chi connectivity index (χ3n) is 7.08. The van der Waals surface area contributed by atoms with Gasteiger partial charge in [-0.1, -0.05) is 6.42 Å². The SMILES string of the molecule is CNC(=O)Nc1cc(Oc2cnc3nc(Nc4cc5n(n4)CCC54CCC4)n(C)c3c2C#N)ccn1. The molecule has 5 heterocycles. The zero-order chi connectivity index (χ0) is 24.9. The van der Waals surface area contributed by atoms with Crippen LogP contribution in [0.1, 0.15) is 36.9 Å². The first-order valence-electron chi connectivity index (χ1n) is 11.7. The van der Waals surface area contributed by atoms with Gasteiger partial charge in [0.05, 0.1) is 6.20 Å². The van der Waals surface area contributed by atoms with Crippen molar-refractivity contribution in [3.63, 3.8) is 0 Å². The van der Waals surface area contributed by atoms with E-state index >= 15 is 0 Å². The standard InChI is InChI=1S/C24H24N10O2/c1-26-23(35)30-18-10-14(4-8-27-18)36-16-13-28-21-20(15(16)12-25)33(2)22(31-21)29-19-11-17-24(5-3-6-24)7-9-34(17)32-19/h4,8,10-11,13H,3,5-7,9H2,1-2H3,(H2,26,27,30,35)(H,28,29,31,32). The molecular formula is C24H24N10O2. The lowest BCUT2D eigenvalue weighted by Crippen LogP contribution is -2.31. The number of imidazole rings is 1. The van der Waals surface area contributed by atoms with E-state index in [0.29, 0.717) is 39.7 Å². The summed E-state index contributed by atoms with van der Waals surface area (Å²) in [4.78, 5) is 24.7. The molecule has 2 amide bonds. The molecule has 0 saturated heterocycles. The van der Waals surface area contributed by atoms with Gasteiger partial charge in [-0.2, -0.15) is 15.3 Å². The molecule has 2 aliphatic rings. The predicted molar refractivity (Wildman–Crippen MR) is 131 cm³/mol. The van der Waals surface area contributed by atoms with Gasteiger partial charge in [0.15, 0.2) is 17.2 Å². The Morgan fingerprint density at radius 3 is 2.83 bits per heavy atom. The van der Waals surface area contributed by atoms with Crippen LogP contribution in [-0.4, -0.2) is 42.4 Å². The second kappa shape index (κ2) is 8.23. The first-order chi connectivity index (χ1) is 17.5. The van der Waals surface area contributed by atoms with E-state index in [4.69, 9.17) is 9.84 Å². The fourth-order valence-corrected chi connectivity index (χ4v) is 5.05. The molecule has 1 fully saturated rings. The average molecular weight is 485 g/mol. The third kappa shape index (κ3) is 3.48. The van der Waals surface area contributed by atoms with Gasteiger partial charge in [0.25, 0.3) is 0 Å². The Morgan fingerprint density at radius 2 is 2.08 bits per heavy atom. The maximum absolute atomic E-state index is 11.6. The number of anilines is 3. The van der Waals surface area contributed by atoms with Crippen molar-refractivity contribution in [2.24, 2.45) is 7.05 Å². The van der Waals surface area contributed by atoms with Gasteiger partial charge in [-0.3, -0.25) is 10.00 Å². The second-order valence-electron chi connectivity index (χ2n) is 9.11. The maximum Gasteiger partial charge on any atom is 0.320 e. The van der Waals surface area contributed by atoms with E-state index in [1.54, 1.807) is 16.7 Å². The van der Waals surface area contributed by atoms with Crippen molar-refractivity contribution in [2.75, 3.05) is 17.7 Å². The van der Waals surface area contributed by atoms with Crippen LogP contribution in [0.4, 0.5) is 22.4 Å². The zero-order valence-electron chi connectivity index (χ0n) is 19.9. The molecule has 0 unspecified atom stereocenters. The summed E-state index contributed by atoms with van der Waals surface area (Å²) in [5, 5.41) is 23.1. The normalized spacial score (nSPS) is 15.2. The molecule has 1 saturated carbocycles. The number of rotatable bonds is 5. The molecule has 0 aromatic carbocycles. The Kier molecular flexibility index (Phi) is 4.99. The van der Waals surface area contributed by atoms with Crippen molar-refractivity contribution in [3.8, 4) is 17.6 Å². The molecule has 0 atom stereocenters. The highest BCUT2D eigenvalue weighted by molar-refractivity contribution is 5.88. The van der Waals surface area contributed by atoms with Crippen molar-refractivity contribution in [1.29, 1.82) is 5.26 Å². The fourth-order valence-electron chi connectivity index (χ4n) is 5.05. The van der Waals surface area contributed by atoms with Crippen molar-refractivity contribution in [3.05, 3.63) is 41.9 Å². The van der Waals surface area contributed by atoms with Crippen molar-refractivity contribution >= 4 is 34.8 Å². The van der Waals surface area contributed by atoms with E-state index in [1.165, 1.54) is 50.8 Å². The lowest BCUT2D eigenvalue weighted by molar-refractivity contribution is 0.244. The highest BCUT2D eigenvalue weighted by Crippen LogP contribution is 2.50. The van der Waals surface area contributed by atoms with E-state index in [0.717, 1.165) is 12.4 Å². The van der Waals surface area contributed by atoms with Crippen LogP contribution in [0.2, 0.25) is 0 Å². The first kappa shape index (κ1) is 21.8. The fraction of sp³-hybridized carbons (Fsp3) is 0.333. The number of hydrogen-bond donors (Lipinski definition) is 3. The number of amides is 2. The van der Waals surface area contributed by atoms with Crippen LogP contribution in [0.25, 0.3) is 11.2 Å². The topological polar surface area (TPSA) is 148 Å². The van der Waals surface area contributed by atoms with Gasteiger partial charge in [-0.15, -0.1) is 0 Å². The van der Waals surface area contributed by atoms with Crippen molar-refractivity contribution in [1.82, 2.24) is 34.6 Å². The number of carbonyl (C=O) groups is 1. The molecule has 1 spiro atoms. The van der Waals surface area contributed by atoms with E-state index in [-0.39, 0.29) is 5.75 Å². The summed E-state index contributed by atoms with van der Waals surface area (Å²) in [6.07, 6.45) is 7.86. The number of aryl methyl sites for hydroxylation is 2. The molecule has 12 heteroatoms. The monoisotopic (exact) mass is 484 g/mol. The smallest absolute Gasteiger partial charge is 0.320 e. The van der Waals surface area contributed by atoms with E-state index < -0.39 is 6.03 Å². The Labute approximate surface area is 206 Å². The number of hydrogen-bond acceptors (Lipinski definition) is 8. The van der Waals surface area contributed by atoms with Crippen molar-refractivity contribution < 1.29 is 9.53 Å². The Hall–Kier alpha value is -4.66. The zero-order valence-corrected chi connectivity index (χ0v) is 19.9. The summed E-state index contributed by atoms with van der Waals surface area (Å²) >= 11 is 0. The molecule has 4 aromatic heterocycles. The van der Waals surface area contributed by atoms with E-state index in [2.05, 4.69) is 47.7 Å². The van der Waals surface area contributed by atoms with Crippen LogP contribution in [0.5, 0.6) is 11.5 Å². The average Bonchev–Trinajstić information content (AvgIpc) is 3.51. The number of ether oxygens (including phenoxy) is 1. The van der Waals surface area contributed by atoms with Crippen LogP contribution in [-0.2, 0) is 19.0 Å². The number of nitriles is 1. The minimum absolute atomic E-state index is 0.268. The van der Waals surface area contributed by atoms with Gasteiger partial charge in [-0.05, 0) is 25.3 Å². The molecule has 6 rings (SSSR count). The molecule has 3 N–H and O–H groups in total. The van der Waals surface area contributed by atoms with Crippen LogP contribution in [0.3, 0.4) is 0 Å². The molecule has 0 bridgehead atoms. The van der Waals surface area contributed by atoms with Crippen LogP contribution < -0.4 is 20.7 Å². The van der Waals surface area contributed by atoms with E-state index in [9.17, 15) is 10.1 Å². The molecule has 12 nitrogen and oxygen atoms in total. The minimum Gasteiger partial charge on any atom is -0.454 e. The number of nitrogens with zero attached hydrogens (tertiary/aromatic N) is 7. The Morgan fingerprint density at radius 1 is 1.22 bits per heavy atom. The second-order valence-corrected chi connectivity index (χ2v) is 9.11. The van der Waals surface area contributed by atoms with Gasteiger partial charge in [-0.25, -0.2) is 14.8 Å². The molecule has 182 valence electrons. The number of carbonyl (C=O) groups excluding carboxylic acids is 1. The summed E-state index contributed by atoms with van der Waals surface area (Å²) < 4.78 is 9.83. The summed E-state index contributed by atoms with van der Waals surface area (Å²) in [6, 6.07) is 7.13. The third-order valence-corrected chi connectivity index (χ3v) is 7.08. The number of fused-ring (bicyclic) bond motifs is 3. The lowest BCUT2D eigenvalue weighted by atomic mass is 9.66. The molecule has 0 radical (unpaired) electrons. The quantitative estimate of drug-likeness (QED) is 0.390. The largest absolute Gasteiger partial charge is 0.454 e. The van der Waals surface area contributed by atoms with Gasteiger partial charge in [0.2, 0.25) is 5.95 Å². The highest BCUT2D eigenvalue weighted by Gasteiger charge is 2.45. The van der Waals surface area contributed by atoms with E-state index in [1.807, 2.05) is 7.05 Å². The molecule has 4 aromatic rings. The minimum atomic E-state index is -0.402. The molecular weight excluding hydrogens is 460 g/mol. The highest BCUT2D eigenvalue weighted by atomic mass is 16.5.